The summed E-state index contributed by atoms with van der Waals surface area (Å²) in [6.45, 7) is 0. The van der Waals surface area contributed by atoms with Crippen molar-refractivity contribution in [3.05, 3.63) is 69.9 Å². The molecule has 3 heteroatoms. The standard InChI is InChI=1S/C15H14BrFO/c16-13-8-4-7-12(15(13)17)14(18)10-9-11-5-2-1-3-6-11/h1-8,14,18H,9-10H2. The zero-order valence-electron chi connectivity index (χ0n) is 9.81. The molecule has 2 aromatic rings. The Balaban J connectivity index is 2.04. The first-order valence-corrected chi connectivity index (χ1v) is 6.63. The quantitative estimate of drug-likeness (QED) is 0.895. The van der Waals surface area contributed by atoms with E-state index in [1.807, 2.05) is 30.3 Å². The molecule has 0 aliphatic rings. The lowest BCUT2D eigenvalue weighted by Crippen LogP contribution is -2.03. The fraction of sp³-hybridized carbons (Fsp3) is 0.200. The Morgan fingerprint density at radius 3 is 2.50 bits per heavy atom. The summed E-state index contributed by atoms with van der Waals surface area (Å²) in [5.74, 6) is -0.377. The first kappa shape index (κ1) is 13.2. The second-order valence-corrected chi connectivity index (χ2v) is 5.04. The van der Waals surface area contributed by atoms with E-state index >= 15 is 0 Å². The molecule has 0 radical (unpaired) electrons. The van der Waals surface area contributed by atoms with Crippen molar-refractivity contribution in [2.45, 2.75) is 18.9 Å². The number of hydrogen-bond acceptors (Lipinski definition) is 1. The van der Waals surface area contributed by atoms with E-state index in [4.69, 9.17) is 0 Å². The summed E-state index contributed by atoms with van der Waals surface area (Å²) in [5.41, 5.74) is 1.49. The predicted molar refractivity (Wildman–Crippen MR) is 73.8 cm³/mol. The van der Waals surface area contributed by atoms with E-state index in [0.29, 0.717) is 16.5 Å². The molecule has 0 fully saturated rings. The highest BCUT2D eigenvalue weighted by atomic mass is 79.9. The largest absolute Gasteiger partial charge is 0.388 e. The molecule has 0 saturated carbocycles. The average Bonchev–Trinajstić information content (AvgIpc) is 2.40. The second kappa shape index (κ2) is 6.12. The van der Waals surface area contributed by atoms with Crippen LogP contribution in [0.1, 0.15) is 23.7 Å². The fourth-order valence-electron chi connectivity index (χ4n) is 1.88. The van der Waals surface area contributed by atoms with Gasteiger partial charge in [0.15, 0.2) is 0 Å². The van der Waals surface area contributed by atoms with Crippen LogP contribution in [0, 0.1) is 5.82 Å². The number of aliphatic hydroxyl groups is 1. The zero-order valence-corrected chi connectivity index (χ0v) is 11.4. The van der Waals surface area contributed by atoms with Crippen LogP contribution in [0.3, 0.4) is 0 Å². The van der Waals surface area contributed by atoms with Crippen LogP contribution in [-0.4, -0.2) is 5.11 Å². The maximum atomic E-state index is 13.8. The summed E-state index contributed by atoms with van der Waals surface area (Å²) in [4.78, 5) is 0. The Morgan fingerprint density at radius 2 is 1.78 bits per heavy atom. The molecule has 0 bridgehead atoms. The maximum absolute atomic E-state index is 13.8. The number of rotatable bonds is 4. The molecule has 18 heavy (non-hydrogen) atoms. The number of halogens is 2. The van der Waals surface area contributed by atoms with Gasteiger partial charge in [-0.2, -0.15) is 0 Å². The van der Waals surface area contributed by atoms with E-state index in [1.165, 1.54) is 0 Å². The highest BCUT2D eigenvalue weighted by molar-refractivity contribution is 9.10. The van der Waals surface area contributed by atoms with Crippen molar-refractivity contribution in [3.8, 4) is 0 Å². The first-order chi connectivity index (χ1) is 8.68. The lowest BCUT2D eigenvalue weighted by molar-refractivity contribution is 0.163. The molecule has 2 rings (SSSR count). The van der Waals surface area contributed by atoms with Crippen LogP contribution in [0.2, 0.25) is 0 Å². The minimum absolute atomic E-state index is 0.348. The third-order valence-corrected chi connectivity index (χ3v) is 3.50. The molecule has 0 aliphatic carbocycles. The minimum atomic E-state index is -0.775. The van der Waals surface area contributed by atoms with Crippen molar-refractivity contribution in [2.75, 3.05) is 0 Å². The van der Waals surface area contributed by atoms with Gasteiger partial charge in [0.25, 0.3) is 0 Å². The smallest absolute Gasteiger partial charge is 0.143 e. The van der Waals surface area contributed by atoms with Gasteiger partial charge in [-0.1, -0.05) is 42.5 Å². The number of aryl methyl sites for hydroxylation is 1. The maximum Gasteiger partial charge on any atom is 0.143 e. The Kier molecular flexibility index (Phi) is 4.50. The van der Waals surface area contributed by atoms with Gasteiger partial charge in [-0.15, -0.1) is 0 Å². The molecule has 0 heterocycles. The van der Waals surface area contributed by atoms with Gasteiger partial charge >= 0.3 is 0 Å². The van der Waals surface area contributed by atoms with Crippen molar-refractivity contribution in [1.82, 2.24) is 0 Å². The molecule has 1 atom stereocenters. The van der Waals surface area contributed by atoms with Gasteiger partial charge in [0.05, 0.1) is 10.6 Å². The van der Waals surface area contributed by atoms with Crippen LogP contribution >= 0.6 is 15.9 Å². The highest BCUT2D eigenvalue weighted by Crippen LogP contribution is 2.26. The first-order valence-electron chi connectivity index (χ1n) is 5.84. The molecule has 1 nitrogen and oxygen atoms in total. The summed E-state index contributed by atoms with van der Waals surface area (Å²) in [7, 11) is 0. The second-order valence-electron chi connectivity index (χ2n) is 4.18. The molecule has 1 N–H and O–H groups in total. The molecule has 0 amide bonds. The van der Waals surface area contributed by atoms with Gasteiger partial charge in [0.2, 0.25) is 0 Å². The minimum Gasteiger partial charge on any atom is -0.388 e. The van der Waals surface area contributed by atoms with Gasteiger partial charge in [0.1, 0.15) is 5.82 Å². The van der Waals surface area contributed by atoms with Crippen LogP contribution in [0.25, 0.3) is 0 Å². The lowest BCUT2D eigenvalue weighted by atomic mass is 10.0. The van der Waals surface area contributed by atoms with Crippen molar-refractivity contribution in [3.63, 3.8) is 0 Å². The van der Waals surface area contributed by atoms with Crippen LogP contribution in [0.4, 0.5) is 4.39 Å². The molecule has 0 spiro atoms. The molecular formula is C15H14BrFO. The van der Waals surface area contributed by atoms with Crippen LogP contribution in [0.15, 0.2) is 53.0 Å². The molecule has 1 unspecified atom stereocenters. The van der Waals surface area contributed by atoms with Crippen LogP contribution in [0.5, 0.6) is 0 Å². The lowest BCUT2D eigenvalue weighted by Gasteiger charge is -2.12. The van der Waals surface area contributed by atoms with Gasteiger partial charge in [-0.25, -0.2) is 4.39 Å². The Hall–Kier alpha value is -1.19. The number of aliphatic hydroxyl groups excluding tert-OH is 1. The fourth-order valence-corrected chi connectivity index (χ4v) is 2.26. The molecular weight excluding hydrogens is 295 g/mol. The van der Waals surface area contributed by atoms with E-state index < -0.39 is 6.10 Å². The normalized spacial score (nSPS) is 12.4. The van der Waals surface area contributed by atoms with E-state index in [0.717, 1.165) is 12.0 Å². The van der Waals surface area contributed by atoms with E-state index in [2.05, 4.69) is 15.9 Å². The Labute approximate surface area is 114 Å². The van der Waals surface area contributed by atoms with E-state index in [-0.39, 0.29) is 5.82 Å². The van der Waals surface area contributed by atoms with Gasteiger partial charge in [0, 0.05) is 5.56 Å². The summed E-state index contributed by atoms with van der Waals surface area (Å²) in [6, 6.07) is 14.9. The monoisotopic (exact) mass is 308 g/mol. The van der Waals surface area contributed by atoms with E-state index in [1.54, 1.807) is 18.2 Å². The topological polar surface area (TPSA) is 20.2 Å². The van der Waals surface area contributed by atoms with E-state index in [9.17, 15) is 9.50 Å². The van der Waals surface area contributed by atoms with Crippen molar-refractivity contribution in [1.29, 1.82) is 0 Å². The summed E-state index contributed by atoms with van der Waals surface area (Å²) >= 11 is 3.12. The molecule has 94 valence electrons. The third-order valence-electron chi connectivity index (χ3n) is 2.89. The van der Waals surface area contributed by atoms with Gasteiger partial charge in [-0.05, 0) is 40.4 Å². The SMILES string of the molecule is OC(CCc1ccccc1)c1cccc(Br)c1F. The van der Waals surface area contributed by atoms with Gasteiger partial charge < -0.3 is 5.11 Å². The summed E-state index contributed by atoms with van der Waals surface area (Å²) in [6.07, 6.45) is 0.466. The predicted octanol–water partition coefficient (Wildman–Crippen LogP) is 4.25. The zero-order chi connectivity index (χ0) is 13.0. The van der Waals surface area contributed by atoms with Crippen molar-refractivity contribution >= 4 is 15.9 Å². The average molecular weight is 309 g/mol. The highest BCUT2D eigenvalue weighted by Gasteiger charge is 2.14. The Bertz CT molecular complexity index is 513. The third kappa shape index (κ3) is 3.18. The number of benzene rings is 2. The van der Waals surface area contributed by atoms with Crippen molar-refractivity contribution < 1.29 is 9.50 Å². The summed E-state index contributed by atoms with van der Waals surface area (Å²) in [5, 5.41) is 10.0. The Morgan fingerprint density at radius 1 is 1.06 bits per heavy atom. The molecule has 0 saturated heterocycles. The van der Waals surface area contributed by atoms with Crippen LogP contribution < -0.4 is 0 Å². The molecule has 0 aliphatic heterocycles. The van der Waals surface area contributed by atoms with Gasteiger partial charge in [-0.3, -0.25) is 0 Å². The van der Waals surface area contributed by atoms with Crippen LogP contribution in [-0.2, 0) is 6.42 Å². The molecule has 2 aromatic carbocycles. The number of hydrogen-bond donors (Lipinski definition) is 1. The van der Waals surface area contributed by atoms with Crippen molar-refractivity contribution in [2.24, 2.45) is 0 Å². The summed E-state index contributed by atoms with van der Waals surface area (Å²) < 4.78 is 14.2. The molecule has 0 aromatic heterocycles.